The summed E-state index contributed by atoms with van der Waals surface area (Å²) in [5, 5.41) is 0. The van der Waals surface area contributed by atoms with Crippen LogP contribution in [0.4, 0.5) is 0 Å². The lowest BCUT2D eigenvalue weighted by Gasteiger charge is -2.37. The van der Waals surface area contributed by atoms with E-state index in [0.717, 1.165) is 26.2 Å². The zero-order valence-corrected chi connectivity index (χ0v) is 10.4. The van der Waals surface area contributed by atoms with Crippen molar-refractivity contribution in [3.05, 3.63) is 12.2 Å². The van der Waals surface area contributed by atoms with Crippen LogP contribution in [0.1, 0.15) is 20.8 Å². The molecule has 1 aliphatic rings. The van der Waals surface area contributed by atoms with E-state index in [2.05, 4.69) is 18.7 Å². The van der Waals surface area contributed by atoms with E-state index in [1.165, 1.54) is 6.08 Å². The van der Waals surface area contributed by atoms with Crippen LogP contribution >= 0.6 is 0 Å². The fraction of sp³-hybridized carbons (Fsp3) is 0.750. The summed E-state index contributed by atoms with van der Waals surface area (Å²) in [5.41, 5.74) is -0.0873. The standard InChI is InChI=1S/C12H21NO3/c1-4-15-11(14)6-5-7-13-8-9-16-12(2,3)10-13/h5-6H,4,7-10H2,1-3H3/b6-5+. The third-order valence-electron chi connectivity index (χ3n) is 2.41. The molecule has 0 amide bonds. The SMILES string of the molecule is CCOC(=O)/C=C/CN1CCOC(C)(C)C1. The number of hydrogen-bond acceptors (Lipinski definition) is 4. The van der Waals surface area contributed by atoms with Crippen molar-refractivity contribution in [3.8, 4) is 0 Å². The van der Waals surface area contributed by atoms with Gasteiger partial charge in [0.1, 0.15) is 0 Å². The van der Waals surface area contributed by atoms with E-state index in [0.29, 0.717) is 6.61 Å². The molecule has 1 fully saturated rings. The summed E-state index contributed by atoms with van der Waals surface area (Å²) in [6.45, 7) is 9.70. The van der Waals surface area contributed by atoms with Crippen molar-refractivity contribution in [1.29, 1.82) is 0 Å². The minimum Gasteiger partial charge on any atom is -0.463 e. The van der Waals surface area contributed by atoms with Crippen LogP contribution < -0.4 is 0 Å². The summed E-state index contributed by atoms with van der Waals surface area (Å²) >= 11 is 0. The van der Waals surface area contributed by atoms with Gasteiger partial charge >= 0.3 is 5.97 Å². The van der Waals surface area contributed by atoms with Gasteiger partial charge in [0.15, 0.2) is 0 Å². The summed E-state index contributed by atoms with van der Waals surface area (Å²) in [7, 11) is 0. The molecule has 4 heteroatoms. The predicted molar refractivity (Wildman–Crippen MR) is 62.2 cm³/mol. The normalized spacial score (nSPS) is 21.2. The molecule has 0 N–H and O–H groups in total. The molecule has 1 aliphatic heterocycles. The first-order valence-corrected chi connectivity index (χ1v) is 5.73. The molecule has 4 nitrogen and oxygen atoms in total. The lowest BCUT2D eigenvalue weighted by atomic mass is 10.1. The number of ether oxygens (including phenoxy) is 2. The summed E-state index contributed by atoms with van der Waals surface area (Å²) in [6, 6.07) is 0. The monoisotopic (exact) mass is 227 g/mol. The topological polar surface area (TPSA) is 38.8 Å². The Morgan fingerprint density at radius 1 is 1.56 bits per heavy atom. The molecule has 0 aromatic heterocycles. The Bertz CT molecular complexity index is 261. The maximum absolute atomic E-state index is 11.1. The van der Waals surface area contributed by atoms with Crippen LogP contribution in [0.15, 0.2) is 12.2 Å². The Labute approximate surface area is 97.2 Å². The molecule has 0 aliphatic carbocycles. The zero-order valence-electron chi connectivity index (χ0n) is 10.4. The van der Waals surface area contributed by atoms with Crippen molar-refractivity contribution in [1.82, 2.24) is 4.90 Å². The first kappa shape index (κ1) is 13.2. The predicted octanol–water partition coefficient (Wildman–Crippen LogP) is 1.22. The number of nitrogens with zero attached hydrogens (tertiary/aromatic N) is 1. The smallest absolute Gasteiger partial charge is 0.330 e. The van der Waals surface area contributed by atoms with Crippen LogP contribution in [-0.4, -0.2) is 49.3 Å². The number of morpholine rings is 1. The third kappa shape index (κ3) is 4.77. The van der Waals surface area contributed by atoms with Crippen molar-refractivity contribution >= 4 is 5.97 Å². The van der Waals surface area contributed by atoms with Gasteiger partial charge in [-0.15, -0.1) is 0 Å². The largest absolute Gasteiger partial charge is 0.463 e. The Morgan fingerprint density at radius 3 is 2.94 bits per heavy atom. The average molecular weight is 227 g/mol. The van der Waals surface area contributed by atoms with Crippen LogP contribution in [0.3, 0.4) is 0 Å². The van der Waals surface area contributed by atoms with Crippen LogP contribution in [0.5, 0.6) is 0 Å². The first-order chi connectivity index (χ1) is 7.53. The highest BCUT2D eigenvalue weighted by Gasteiger charge is 2.26. The van der Waals surface area contributed by atoms with Crippen molar-refractivity contribution in [2.45, 2.75) is 26.4 Å². The van der Waals surface area contributed by atoms with Gasteiger partial charge in [-0.2, -0.15) is 0 Å². The van der Waals surface area contributed by atoms with Crippen molar-refractivity contribution in [3.63, 3.8) is 0 Å². The van der Waals surface area contributed by atoms with Crippen molar-refractivity contribution in [2.75, 3.05) is 32.8 Å². The summed E-state index contributed by atoms with van der Waals surface area (Å²) in [5.74, 6) is -0.269. The molecular formula is C12H21NO3. The average Bonchev–Trinajstić information content (AvgIpc) is 2.16. The number of hydrogen-bond donors (Lipinski definition) is 0. The second kappa shape index (κ2) is 6.01. The number of carbonyl (C=O) groups is 1. The third-order valence-corrected chi connectivity index (χ3v) is 2.41. The lowest BCUT2D eigenvalue weighted by Crippen LogP contribution is -2.48. The van der Waals surface area contributed by atoms with Crippen molar-refractivity contribution in [2.24, 2.45) is 0 Å². The summed E-state index contributed by atoms with van der Waals surface area (Å²) in [6.07, 6.45) is 3.34. The van der Waals surface area contributed by atoms with Gasteiger partial charge in [-0.05, 0) is 20.8 Å². The highest BCUT2D eigenvalue weighted by atomic mass is 16.5. The van der Waals surface area contributed by atoms with Crippen LogP contribution in [-0.2, 0) is 14.3 Å². The van der Waals surface area contributed by atoms with Crippen LogP contribution in [0.2, 0.25) is 0 Å². The van der Waals surface area contributed by atoms with Gasteiger partial charge < -0.3 is 9.47 Å². The molecule has 0 spiro atoms. The Morgan fingerprint density at radius 2 is 2.31 bits per heavy atom. The minimum absolute atomic E-state index is 0.0873. The highest BCUT2D eigenvalue weighted by molar-refractivity contribution is 5.81. The van der Waals surface area contributed by atoms with Gasteiger partial charge in [0.2, 0.25) is 0 Å². The lowest BCUT2D eigenvalue weighted by molar-refractivity contribution is -0.137. The highest BCUT2D eigenvalue weighted by Crippen LogP contribution is 2.15. The quantitative estimate of drug-likeness (QED) is 0.534. The molecule has 92 valence electrons. The van der Waals surface area contributed by atoms with E-state index in [9.17, 15) is 4.79 Å². The molecule has 0 radical (unpaired) electrons. The second-order valence-corrected chi connectivity index (χ2v) is 4.50. The molecule has 0 saturated carbocycles. The first-order valence-electron chi connectivity index (χ1n) is 5.73. The number of carbonyl (C=O) groups excluding carboxylic acids is 1. The summed E-state index contributed by atoms with van der Waals surface area (Å²) < 4.78 is 10.4. The van der Waals surface area contributed by atoms with Gasteiger partial charge in [-0.1, -0.05) is 6.08 Å². The summed E-state index contributed by atoms with van der Waals surface area (Å²) in [4.78, 5) is 13.3. The van der Waals surface area contributed by atoms with Crippen molar-refractivity contribution < 1.29 is 14.3 Å². The Balaban J connectivity index is 2.29. The fourth-order valence-corrected chi connectivity index (χ4v) is 1.76. The molecular weight excluding hydrogens is 206 g/mol. The van der Waals surface area contributed by atoms with E-state index in [-0.39, 0.29) is 11.6 Å². The van der Waals surface area contributed by atoms with Gasteiger partial charge in [-0.25, -0.2) is 4.79 Å². The second-order valence-electron chi connectivity index (χ2n) is 4.50. The molecule has 0 bridgehead atoms. The van der Waals surface area contributed by atoms with E-state index in [1.54, 1.807) is 6.92 Å². The molecule has 1 saturated heterocycles. The minimum atomic E-state index is -0.269. The number of rotatable bonds is 4. The molecule has 1 heterocycles. The fourth-order valence-electron chi connectivity index (χ4n) is 1.76. The molecule has 0 unspecified atom stereocenters. The Hall–Kier alpha value is -0.870. The van der Waals surface area contributed by atoms with Gasteiger partial charge in [0, 0.05) is 25.7 Å². The maximum atomic E-state index is 11.1. The van der Waals surface area contributed by atoms with E-state index >= 15 is 0 Å². The Kier molecular flexibility index (Phi) is 4.96. The maximum Gasteiger partial charge on any atom is 0.330 e. The molecule has 0 atom stereocenters. The van der Waals surface area contributed by atoms with Crippen LogP contribution in [0, 0.1) is 0 Å². The van der Waals surface area contributed by atoms with Gasteiger partial charge in [0.05, 0.1) is 18.8 Å². The van der Waals surface area contributed by atoms with E-state index in [1.807, 2.05) is 6.08 Å². The molecule has 0 aromatic carbocycles. The molecule has 16 heavy (non-hydrogen) atoms. The van der Waals surface area contributed by atoms with E-state index in [4.69, 9.17) is 9.47 Å². The molecule has 1 rings (SSSR count). The number of esters is 1. The van der Waals surface area contributed by atoms with E-state index < -0.39 is 0 Å². The van der Waals surface area contributed by atoms with Crippen LogP contribution in [0.25, 0.3) is 0 Å². The van der Waals surface area contributed by atoms with Gasteiger partial charge in [-0.3, -0.25) is 4.90 Å². The van der Waals surface area contributed by atoms with Gasteiger partial charge in [0.25, 0.3) is 0 Å². The zero-order chi connectivity index (χ0) is 12.0. The molecule has 0 aromatic rings.